The largest absolute Gasteiger partial charge is 0.337 e. The van der Waals surface area contributed by atoms with Crippen molar-refractivity contribution in [3.63, 3.8) is 0 Å². The number of hydrogen-bond donors (Lipinski definition) is 0. The lowest BCUT2D eigenvalue weighted by molar-refractivity contribution is 0.0790. The summed E-state index contributed by atoms with van der Waals surface area (Å²) in [5.74, 6) is -0.335. The summed E-state index contributed by atoms with van der Waals surface area (Å²) in [7, 11) is 1.76. The number of thiophene rings is 1. The average Bonchev–Trinajstić information content (AvgIpc) is 3.24. The lowest BCUT2D eigenvalue weighted by atomic mass is 10.2. The van der Waals surface area contributed by atoms with Crippen LogP contribution < -0.4 is 0 Å². The summed E-state index contributed by atoms with van der Waals surface area (Å²) in [6.07, 6.45) is 0. The first-order chi connectivity index (χ1) is 13.0. The van der Waals surface area contributed by atoms with Crippen molar-refractivity contribution < 1.29 is 9.18 Å². The number of benzene rings is 2. The van der Waals surface area contributed by atoms with E-state index in [9.17, 15) is 9.18 Å². The van der Waals surface area contributed by atoms with Gasteiger partial charge in [-0.1, -0.05) is 30.3 Å². The molecule has 0 aliphatic carbocycles. The van der Waals surface area contributed by atoms with Gasteiger partial charge in [-0.3, -0.25) is 4.79 Å². The predicted molar refractivity (Wildman–Crippen MR) is 106 cm³/mol. The molecular formula is C21H18FN3OS. The Hall–Kier alpha value is -2.99. The number of carbonyl (C=O) groups is 1. The second kappa shape index (κ2) is 6.96. The quantitative estimate of drug-likeness (QED) is 0.510. The average molecular weight is 379 g/mol. The van der Waals surface area contributed by atoms with Gasteiger partial charge in [0.1, 0.15) is 10.6 Å². The summed E-state index contributed by atoms with van der Waals surface area (Å²) in [5.41, 5.74) is 2.75. The Morgan fingerprint density at radius 3 is 2.56 bits per heavy atom. The van der Waals surface area contributed by atoms with E-state index in [1.165, 1.54) is 23.5 Å². The molecule has 136 valence electrons. The van der Waals surface area contributed by atoms with Crippen LogP contribution in [-0.2, 0) is 6.54 Å². The third kappa shape index (κ3) is 3.36. The summed E-state index contributed by atoms with van der Waals surface area (Å²) in [5, 5.41) is 5.60. The Morgan fingerprint density at radius 2 is 1.85 bits per heavy atom. The van der Waals surface area contributed by atoms with Crippen molar-refractivity contribution in [3.05, 3.63) is 82.6 Å². The number of aryl methyl sites for hydroxylation is 1. The maximum Gasteiger partial charge on any atom is 0.264 e. The van der Waals surface area contributed by atoms with Crippen LogP contribution in [0.5, 0.6) is 0 Å². The fourth-order valence-corrected chi connectivity index (χ4v) is 4.20. The van der Waals surface area contributed by atoms with Crippen LogP contribution in [0.15, 0.2) is 60.7 Å². The minimum absolute atomic E-state index is 0.0560. The SMILES string of the molecule is Cc1nn(-c2ccccc2)c2sc(C(=O)N(C)Cc3ccc(F)cc3)cc12. The van der Waals surface area contributed by atoms with Gasteiger partial charge in [-0.05, 0) is 42.8 Å². The molecule has 4 aromatic rings. The fourth-order valence-electron chi connectivity index (χ4n) is 3.02. The van der Waals surface area contributed by atoms with Crippen LogP contribution in [0.1, 0.15) is 20.9 Å². The number of amides is 1. The Kier molecular flexibility index (Phi) is 4.49. The van der Waals surface area contributed by atoms with Gasteiger partial charge in [0.2, 0.25) is 0 Å². The van der Waals surface area contributed by atoms with Gasteiger partial charge in [0, 0.05) is 19.0 Å². The van der Waals surface area contributed by atoms with Gasteiger partial charge in [-0.25, -0.2) is 9.07 Å². The maximum atomic E-state index is 13.1. The molecule has 4 nitrogen and oxygen atoms in total. The van der Waals surface area contributed by atoms with Crippen molar-refractivity contribution in [1.82, 2.24) is 14.7 Å². The van der Waals surface area contributed by atoms with Gasteiger partial charge in [0.15, 0.2) is 0 Å². The molecule has 0 atom stereocenters. The molecule has 1 amide bonds. The van der Waals surface area contributed by atoms with Crippen molar-refractivity contribution in [2.24, 2.45) is 0 Å². The first-order valence-electron chi connectivity index (χ1n) is 8.57. The molecule has 0 bridgehead atoms. The molecule has 27 heavy (non-hydrogen) atoms. The second-order valence-electron chi connectivity index (χ2n) is 6.45. The summed E-state index contributed by atoms with van der Waals surface area (Å²) in [4.78, 5) is 16.1. The summed E-state index contributed by atoms with van der Waals surface area (Å²) < 4.78 is 14.9. The van der Waals surface area contributed by atoms with Crippen LogP contribution in [0.2, 0.25) is 0 Å². The standard InChI is InChI=1S/C21H18FN3OS/c1-14-18-12-19(20(26)24(2)13-15-8-10-16(22)11-9-15)27-21(18)25(23-14)17-6-4-3-5-7-17/h3-12H,13H2,1-2H3. The number of halogens is 1. The maximum absolute atomic E-state index is 13.1. The van der Waals surface area contributed by atoms with E-state index in [2.05, 4.69) is 5.10 Å². The molecule has 2 heterocycles. The lowest BCUT2D eigenvalue weighted by Gasteiger charge is -2.16. The number of nitrogens with zero attached hydrogens (tertiary/aromatic N) is 3. The molecule has 6 heteroatoms. The molecule has 0 saturated carbocycles. The van der Waals surface area contributed by atoms with Gasteiger partial charge in [-0.15, -0.1) is 11.3 Å². The normalized spacial score (nSPS) is 11.1. The number of carbonyl (C=O) groups excluding carboxylic acids is 1. The molecular weight excluding hydrogens is 361 g/mol. The van der Waals surface area contributed by atoms with E-state index in [1.54, 1.807) is 24.1 Å². The number of hydrogen-bond acceptors (Lipinski definition) is 3. The Bertz CT molecular complexity index is 1100. The molecule has 0 spiro atoms. The van der Waals surface area contributed by atoms with E-state index >= 15 is 0 Å². The van der Waals surface area contributed by atoms with Crippen LogP contribution in [0.3, 0.4) is 0 Å². The van der Waals surface area contributed by atoms with Crippen molar-refractivity contribution in [1.29, 1.82) is 0 Å². The van der Waals surface area contributed by atoms with Crippen LogP contribution in [0.25, 0.3) is 15.9 Å². The zero-order valence-electron chi connectivity index (χ0n) is 15.0. The second-order valence-corrected chi connectivity index (χ2v) is 7.48. The van der Waals surface area contributed by atoms with Crippen molar-refractivity contribution >= 4 is 27.5 Å². The fraction of sp³-hybridized carbons (Fsp3) is 0.143. The smallest absolute Gasteiger partial charge is 0.264 e. The summed E-state index contributed by atoms with van der Waals surface area (Å²) >= 11 is 1.44. The first-order valence-corrected chi connectivity index (χ1v) is 9.39. The molecule has 0 fully saturated rings. The van der Waals surface area contributed by atoms with E-state index < -0.39 is 0 Å². The van der Waals surface area contributed by atoms with Gasteiger partial charge in [0.05, 0.1) is 16.3 Å². The molecule has 0 unspecified atom stereocenters. The van der Waals surface area contributed by atoms with E-state index in [4.69, 9.17) is 0 Å². The molecule has 0 N–H and O–H groups in total. The van der Waals surface area contributed by atoms with Crippen LogP contribution in [0.4, 0.5) is 4.39 Å². The van der Waals surface area contributed by atoms with Crippen LogP contribution in [0, 0.1) is 12.7 Å². The van der Waals surface area contributed by atoms with Crippen LogP contribution >= 0.6 is 11.3 Å². The van der Waals surface area contributed by atoms with E-state index in [0.29, 0.717) is 11.4 Å². The monoisotopic (exact) mass is 379 g/mol. The Balaban J connectivity index is 1.63. The third-order valence-corrected chi connectivity index (χ3v) is 5.53. The molecule has 4 rings (SSSR count). The van der Waals surface area contributed by atoms with Gasteiger partial charge in [-0.2, -0.15) is 5.10 Å². The highest BCUT2D eigenvalue weighted by Crippen LogP contribution is 2.31. The summed E-state index contributed by atoms with van der Waals surface area (Å²) in [6, 6.07) is 18.0. The minimum atomic E-state index is -0.279. The van der Waals surface area contributed by atoms with Gasteiger partial charge in [0.25, 0.3) is 5.91 Å². The Labute approximate surface area is 160 Å². The Morgan fingerprint density at radius 1 is 1.15 bits per heavy atom. The van der Waals surface area contributed by atoms with Gasteiger partial charge >= 0.3 is 0 Å². The predicted octanol–water partition coefficient (Wildman–Crippen LogP) is 4.81. The number of para-hydroxylation sites is 1. The van der Waals surface area contributed by atoms with Crippen molar-refractivity contribution in [2.75, 3.05) is 7.05 Å². The zero-order chi connectivity index (χ0) is 19.0. The molecule has 0 radical (unpaired) electrons. The molecule has 0 saturated heterocycles. The molecule has 0 aliphatic heterocycles. The van der Waals surface area contributed by atoms with E-state index in [-0.39, 0.29) is 11.7 Å². The number of aromatic nitrogens is 2. The lowest BCUT2D eigenvalue weighted by Crippen LogP contribution is -2.25. The number of rotatable bonds is 4. The van der Waals surface area contributed by atoms with Gasteiger partial charge < -0.3 is 4.90 Å². The van der Waals surface area contributed by atoms with Crippen molar-refractivity contribution in [3.8, 4) is 5.69 Å². The van der Waals surface area contributed by atoms with Crippen molar-refractivity contribution in [2.45, 2.75) is 13.5 Å². The molecule has 2 aromatic carbocycles. The zero-order valence-corrected chi connectivity index (χ0v) is 15.8. The minimum Gasteiger partial charge on any atom is -0.337 e. The summed E-state index contributed by atoms with van der Waals surface area (Å²) in [6.45, 7) is 2.38. The third-order valence-electron chi connectivity index (χ3n) is 4.44. The molecule has 2 aromatic heterocycles. The van der Waals surface area contributed by atoms with E-state index in [0.717, 1.165) is 27.2 Å². The molecule has 0 aliphatic rings. The number of fused-ring (bicyclic) bond motifs is 1. The highest BCUT2D eigenvalue weighted by atomic mass is 32.1. The topological polar surface area (TPSA) is 38.1 Å². The highest BCUT2D eigenvalue weighted by Gasteiger charge is 2.19. The highest BCUT2D eigenvalue weighted by molar-refractivity contribution is 7.20. The van der Waals surface area contributed by atoms with E-state index in [1.807, 2.05) is 48.0 Å². The van der Waals surface area contributed by atoms with Crippen LogP contribution in [-0.4, -0.2) is 27.6 Å². The first kappa shape index (κ1) is 17.4.